The van der Waals surface area contributed by atoms with Crippen LogP contribution in [0.25, 0.3) is 5.69 Å². The largest absolute Gasteiger partial charge is 0.494 e. The zero-order chi connectivity index (χ0) is 21.0. The zero-order valence-corrected chi connectivity index (χ0v) is 16.9. The first kappa shape index (κ1) is 20.5. The van der Waals surface area contributed by atoms with E-state index in [4.69, 9.17) is 4.74 Å². The van der Waals surface area contributed by atoms with Crippen LogP contribution in [-0.4, -0.2) is 39.3 Å². The number of ketones is 1. The molecule has 9 heteroatoms. The second kappa shape index (κ2) is 8.87. The van der Waals surface area contributed by atoms with E-state index in [1.165, 1.54) is 37.9 Å². The van der Waals surface area contributed by atoms with Crippen LogP contribution in [0.3, 0.4) is 0 Å². The van der Waals surface area contributed by atoms with E-state index in [0.717, 1.165) is 11.8 Å². The summed E-state index contributed by atoms with van der Waals surface area (Å²) >= 11 is 1.20. The number of methoxy groups -OCH3 is 1. The van der Waals surface area contributed by atoms with Gasteiger partial charge in [0.05, 0.1) is 18.6 Å². The van der Waals surface area contributed by atoms with E-state index in [1.54, 1.807) is 29.7 Å². The van der Waals surface area contributed by atoms with E-state index >= 15 is 0 Å². The normalized spacial score (nSPS) is 10.6. The molecule has 1 heterocycles. The van der Waals surface area contributed by atoms with Gasteiger partial charge in [0.15, 0.2) is 22.5 Å². The number of carbonyl (C=O) groups excluding carboxylic acids is 2. The molecule has 29 heavy (non-hydrogen) atoms. The molecule has 150 valence electrons. The lowest BCUT2D eigenvalue weighted by molar-refractivity contribution is -0.114. The quantitative estimate of drug-likeness (QED) is 0.469. The van der Waals surface area contributed by atoms with Crippen LogP contribution >= 0.6 is 11.8 Å². The molecule has 0 saturated heterocycles. The van der Waals surface area contributed by atoms with Crippen molar-refractivity contribution in [2.45, 2.75) is 19.0 Å². The average molecular weight is 414 g/mol. The number of rotatable bonds is 7. The number of hydrogen-bond acceptors (Lipinski definition) is 6. The summed E-state index contributed by atoms with van der Waals surface area (Å²) in [6.45, 7) is 3.23. The van der Waals surface area contributed by atoms with Gasteiger partial charge >= 0.3 is 0 Å². The summed E-state index contributed by atoms with van der Waals surface area (Å²) in [6, 6.07) is 11.3. The van der Waals surface area contributed by atoms with Crippen molar-refractivity contribution in [2.75, 3.05) is 18.2 Å². The van der Waals surface area contributed by atoms with Gasteiger partial charge in [-0.05, 0) is 43.3 Å². The van der Waals surface area contributed by atoms with Crippen LogP contribution in [0.5, 0.6) is 5.75 Å². The Bertz CT molecular complexity index is 1070. The molecule has 0 bridgehead atoms. The molecule has 0 radical (unpaired) electrons. The first-order valence-corrected chi connectivity index (χ1v) is 9.67. The van der Waals surface area contributed by atoms with Crippen molar-refractivity contribution in [3.8, 4) is 11.4 Å². The minimum atomic E-state index is -0.586. The van der Waals surface area contributed by atoms with Crippen molar-refractivity contribution in [3.63, 3.8) is 0 Å². The van der Waals surface area contributed by atoms with E-state index in [9.17, 15) is 14.0 Å². The van der Waals surface area contributed by atoms with E-state index in [0.29, 0.717) is 16.7 Å². The van der Waals surface area contributed by atoms with Gasteiger partial charge in [-0.1, -0.05) is 17.8 Å². The summed E-state index contributed by atoms with van der Waals surface area (Å²) in [7, 11) is 1.37. The van der Waals surface area contributed by atoms with E-state index in [1.807, 2.05) is 6.07 Å². The fraction of sp³-hybridized carbons (Fsp3) is 0.200. The second-order valence-corrected chi connectivity index (χ2v) is 7.10. The molecule has 3 rings (SSSR count). The number of halogens is 1. The molecule has 1 aromatic heterocycles. The Morgan fingerprint density at radius 2 is 2.00 bits per heavy atom. The molecule has 0 unspecified atom stereocenters. The summed E-state index contributed by atoms with van der Waals surface area (Å²) in [5, 5.41) is 11.5. The van der Waals surface area contributed by atoms with Crippen molar-refractivity contribution in [3.05, 3.63) is 59.7 Å². The monoisotopic (exact) mass is 414 g/mol. The first-order chi connectivity index (χ1) is 13.9. The summed E-state index contributed by atoms with van der Waals surface area (Å²) in [6.07, 6.45) is 0. The predicted molar refractivity (Wildman–Crippen MR) is 108 cm³/mol. The van der Waals surface area contributed by atoms with Crippen LogP contribution in [0.15, 0.2) is 47.6 Å². The minimum Gasteiger partial charge on any atom is -0.494 e. The molecule has 0 saturated carbocycles. The molecule has 0 atom stereocenters. The number of anilines is 1. The summed E-state index contributed by atoms with van der Waals surface area (Å²) < 4.78 is 20.5. The van der Waals surface area contributed by atoms with Gasteiger partial charge in [-0.2, -0.15) is 0 Å². The minimum absolute atomic E-state index is 0.0648. The number of aromatic nitrogens is 3. The molecule has 1 N–H and O–H groups in total. The molecule has 0 aliphatic carbocycles. The highest BCUT2D eigenvalue weighted by Gasteiger charge is 2.16. The zero-order valence-electron chi connectivity index (χ0n) is 16.1. The van der Waals surface area contributed by atoms with Crippen LogP contribution in [0.1, 0.15) is 23.1 Å². The van der Waals surface area contributed by atoms with Gasteiger partial charge in [-0.15, -0.1) is 10.2 Å². The standard InChI is InChI=1S/C20H19FN4O3S/c1-12-23-24-20(25(12)16-6-4-5-15(10-16)22-13(2)26)29-11-18(27)14-7-8-19(28-3)17(21)9-14/h4-10H,11H2,1-3H3,(H,22,26). The van der Waals surface area contributed by atoms with Crippen LogP contribution in [0.4, 0.5) is 10.1 Å². The number of hydrogen-bond donors (Lipinski definition) is 1. The first-order valence-electron chi connectivity index (χ1n) is 8.68. The summed E-state index contributed by atoms with van der Waals surface area (Å²) in [5.74, 6) is -0.212. The van der Waals surface area contributed by atoms with Crippen molar-refractivity contribution >= 4 is 29.1 Å². The van der Waals surface area contributed by atoms with E-state index < -0.39 is 5.82 Å². The number of amides is 1. The Morgan fingerprint density at radius 1 is 1.21 bits per heavy atom. The number of carbonyl (C=O) groups is 2. The van der Waals surface area contributed by atoms with Gasteiger partial charge in [-0.25, -0.2) is 4.39 Å². The molecule has 3 aromatic rings. The fourth-order valence-corrected chi connectivity index (χ4v) is 3.60. The van der Waals surface area contributed by atoms with E-state index in [-0.39, 0.29) is 28.8 Å². The van der Waals surface area contributed by atoms with Crippen molar-refractivity contribution in [2.24, 2.45) is 0 Å². The molecule has 0 spiro atoms. The third-order valence-electron chi connectivity index (χ3n) is 4.03. The van der Waals surface area contributed by atoms with Gasteiger partial charge in [0, 0.05) is 18.2 Å². The Balaban J connectivity index is 1.79. The maximum atomic E-state index is 13.9. The average Bonchev–Trinajstić information content (AvgIpc) is 3.06. The van der Waals surface area contributed by atoms with Crippen molar-refractivity contribution < 1.29 is 18.7 Å². The number of nitrogens with zero attached hydrogens (tertiary/aromatic N) is 3. The fourth-order valence-electron chi connectivity index (χ4n) is 2.71. The number of thioether (sulfide) groups is 1. The topological polar surface area (TPSA) is 86.1 Å². The Labute approximate surface area is 171 Å². The third kappa shape index (κ3) is 4.80. The van der Waals surface area contributed by atoms with Crippen LogP contribution in [0.2, 0.25) is 0 Å². The molecule has 2 aromatic carbocycles. The van der Waals surface area contributed by atoms with Gasteiger partial charge in [0.1, 0.15) is 5.82 Å². The Morgan fingerprint density at radius 3 is 2.69 bits per heavy atom. The van der Waals surface area contributed by atoms with E-state index in [2.05, 4.69) is 15.5 Å². The Kier molecular flexibility index (Phi) is 6.28. The number of Topliss-reactive ketones (excluding diaryl/α,β-unsaturated/α-hetero) is 1. The van der Waals surface area contributed by atoms with Crippen molar-refractivity contribution in [1.82, 2.24) is 14.8 Å². The molecule has 0 aliphatic heterocycles. The van der Waals surface area contributed by atoms with Crippen LogP contribution in [-0.2, 0) is 4.79 Å². The number of nitrogens with one attached hydrogen (secondary N) is 1. The second-order valence-electron chi connectivity index (χ2n) is 6.16. The third-order valence-corrected chi connectivity index (χ3v) is 4.95. The molecular formula is C20H19FN4O3S. The van der Waals surface area contributed by atoms with Crippen LogP contribution in [0, 0.1) is 12.7 Å². The van der Waals surface area contributed by atoms with Crippen LogP contribution < -0.4 is 10.1 Å². The smallest absolute Gasteiger partial charge is 0.221 e. The van der Waals surface area contributed by atoms with Gasteiger partial charge in [0.25, 0.3) is 0 Å². The summed E-state index contributed by atoms with van der Waals surface area (Å²) in [5.41, 5.74) is 1.65. The molecule has 7 nitrogen and oxygen atoms in total. The summed E-state index contributed by atoms with van der Waals surface area (Å²) in [4.78, 5) is 23.8. The molecule has 0 aliphatic rings. The Hall–Kier alpha value is -3.20. The highest BCUT2D eigenvalue weighted by molar-refractivity contribution is 7.99. The molecular weight excluding hydrogens is 395 g/mol. The highest BCUT2D eigenvalue weighted by Crippen LogP contribution is 2.25. The molecule has 0 fully saturated rings. The number of ether oxygens (including phenoxy) is 1. The van der Waals surface area contributed by atoms with Gasteiger partial charge in [0.2, 0.25) is 5.91 Å². The SMILES string of the molecule is COc1ccc(C(=O)CSc2nnc(C)n2-c2cccc(NC(C)=O)c2)cc1F. The highest BCUT2D eigenvalue weighted by atomic mass is 32.2. The number of benzene rings is 2. The maximum Gasteiger partial charge on any atom is 0.221 e. The lowest BCUT2D eigenvalue weighted by Gasteiger charge is -2.10. The maximum absolute atomic E-state index is 13.9. The van der Waals surface area contributed by atoms with Gasteiger partial charge in [-0.3, -0.25) is 14.2 Å². The van der Waals surface area contributed by atoms with Gasteiger partial charge < -0.3 is 10.1 Å². The lowest BCUT2D eigenvalue weighted by Crippen LogP contribution is -2.08. The predicted octanol–water partition coefficient (Wildman–Crippen LogP) is 3.66. The lowest BCUT2D eigenvalue weighted by atomic mass is 10.1. The molecule has 1 amide bonds. The van der Waals surface area contributed by atoms with Crippen molar-refractivity contribution in [1.29, 1.82) is 0 Å². The number of aryl methyl sites for hydroxylation is 1.